The van der Waals surface area contributed by atoms with E-state index in [1.807, 2.05) is 18.7 Å². The van der Waals surface area contributed by atoms with Gasteiger partial charge in [0.1, 0.15) is 17.7 Å². The minimum absolute atomic E-state index is 0. The van der Waals surface area contributed by atoms with E-state index in [1.165, 1.54) is 12.1 Å². The SMILES string of the molecule is Br.CCN1CC2(CCN(CCc3cc(F)ccc3F)CC2)O[C@H](C)C1=O. The van der Waals surface area contributed by atoms with Gasteiger partial charge in [0.05, 0.1) is 5.60 Å². The summed E-state index contributed by atoms with van der Waals surface area (Å²) in [5.74, 6) is -0.684. The Morgan fingerprint density at radius 2 is 1.96 bits per heavy atom. The zero-order chi connectivity index (χ0) is 18.0. The molecule has 1 atom stereocenters. The van der Waals surface area contributed by atoms with Gasteiger partial charge < -0.3 is 14.5 Å². The third-order valence-corrected chi connectivity index (χ3v) is 5.42. The largest absolute Gasteiger partial charge is 0.360 e. The number of likely N-dealkylation sites (tertiary alicyclic amines) is 1. The van der Waals surface area contributed by atoms with Crippen LogP contribution in [0.2, 0.25) is 0 Å². The van der Waals surface area contributed by atoms with Crippen molar-refractivity contribution in [2.45, 2.75) is 44.8 Å². The van der Waals surface area contributed by atoms with Gasteiger partial charge in [0.25, 0.3) is 5.91 Å². The molecule has 0 saturated carbocycles. The van der Waals surface area contributed by atoms with Gasteiger partial charge in [-0.3, -0.25) is 4.79 Å². The summed E-state index contributed by atoms with van der Waals surface area (Å²) in [7, 11) is 0. The highest BCUT2D eigenvalue weighted by atomic mass is 79.9. The monoisotopic (exact) mass is 432 g/mol. The Hall–Kier alpha value is -1.05. The quantitative estimate of drug-likeness (QED) is 0.732. The maximum absolute atomic E-state index is 13.7. The molecule has 26 heavy (non-hydrogen) atoms. The van der Waals surface area contributed by atoms with Crippen LogP contribution in [0.1, 0.15) is 32.3 Å². The van der Waals surface area contributed by atoms with Crippen molar-refractivity contribution in [1.29, 1.82) is 0 Å². The van der Waals surface area contributed by atoms with Crippen LogP contribution in [0.4, 0.5) is 8.78 Å². The maximum atomic E-state index is 13.7. The number of amides is 1. The molecule has 2 heterocycles. The molecule has 0 radical (unpaired) electrons. The van der Waals surface area contributed by atoms with E-state index in [0.29, 0.717) is 31.6 Å². The van der Waals surface area contributed by atoms with Crippen LogP contribution in [-0.4, -0.2) is 60.1 Å². The van der Waals surface area contributed by atoms with E-state index >= 15 is 0 Å². The fraction of sp³-hybridized carbons (Fsp3) is 0.632. The lowest BCUT2D eigenvalue weighted by Crippen LogP contribution is -2.61. The zero-order valence-electron chi connectivity index (χ0n) is 15.3. The molecule has 0 aliphatic carbocycles. The third kappa shape index (κ3) is 4.61. The first kappa shape index (κ1) is 21.3. The first-order valence-corrected chi connectivity index (χ1v) is 9.05. The standard InChI is InChI=1S/C19H26F2N2O2.BrH/c1-3-23-13-19(25-14(2)18(23)24)7-10-22(11-8-19)9-6-15-12-16(20)4-5-17(15)21;/h4-5,12,14H,3,6-11,13H2,1-2H3;1H/t14-;/m1./s1. The summed E-state index contributed by atoms with van der Waals surface area (Å²) in [6.45, 7) is 7.56. The van der Waals surface area contributed by atoms with E-state index in [2.05, 4.69) is 4.90 Å². The molecule has 1 aromatic rings. The fourth-order valence-electron chi connectivity index (χ4n) is 3.89. The predicted octanol–water partition coefficient (Wildman–Crippen LogP) is 3.19. The number of rotatable bonds is 4. The van der Waals surface area contributed by atoms with Gasteiger partial charge in [-0.15, -0.1) is 17.0 Å². The Labute approximate surface area is 164 Å². The molecule has 1 amide bonds. The molecule has 4 nitrogen and oxygen atoms in total. The minimum Gasteiger partial charge on any atom is -0.360 e. The molecule has 2 fully saturated rings. The van der Waals surface area contributed by atoms with Crippen LogP contribution in [0.15, 0.2) is 18.2 Å². The number of likely N-dealkylation sites (N-methyl/N-ethyl adjacent to an activating group) is 1. The number of piperidine rings is 1. The molecular weight excluding hydrogens is 406 g/mol. The van der Waals surface area contributed by atoms with Crippen LogP contribution in [0.25, 0.3) is 0 Å². The van der Waals surface area contributed by atoms with E-state index in [4.69, 9.17) is 4.74 Å². The second kappa shape index (κ2) is 8.76. The van der Waals surface area contributed by atoms with Crippen molar-refractivity contribution >= 4 is 22.9 Å². The number of ether oxygens (including phenoxy) is 1. The van der Waals surface area contributed by atoms with Gasteiger partial charge in [-0.2, -0.15) is 0 Å². The number of hydrogen-bond acceptors (Lipinski definition) is 3. The maximum Gasteiger partial charge on any atom is 0.251 e. The average molecular weight is 433 g/mol. The van der Waals surface area contributed by atoms with Crippen molar-refractivity contribution in [3.63, 3.8) is 0 Å². The van der Waals surface area contributed by atoms with Gasteiger partial charge in [0, 0.05) is 32.7 Å². The van der Waals surface area contributed by atoms with Gasteiger partial charge >= 0.3 is 0 Å². The lowest BCUT2D eigenvalue weighted by Gasteiger charge is -2.49. The van der Waals surface area contributed by atoms with Crippen molar-refractivity contribution in [2.24, 2.45) is 0 Å². The van der Waals surface area contributed by atoms with Gasteiger partial charge in [-0.25, -0.2) is 8.78 Å². The molecular formula is C19H27BrF2N2O2. The molecule has 0 unspecified atom stereocenters. The van der Waals surface area contributed by atoms with Crippen LogP contribution in [0.5, 0.6) is 0 Å². The Morgan fingerprint density at radius 1 is 1.27 bits per heavy atom. The van der Waals surface area contributed by atoms with Crippen LogP contribution >= 0.6 is 17.0 Å². The minimum atomic E-state index is -0.400. The normalized spacial score (nSPS) is 23.2. The smallest absolute Gasteiger partial charge is 0.251 e. The Kier molecular flexibility index (Phi) is 7.16. The Balaban J connectivity index is 0.00000243. The Bertz CT molecular complexity index is 636. The molecule has 2 saturated heterocycles. The molecule has 3 rings (SSSR count). The molecule has 7 heteroatoms. The second-order valence-electron chi connectivity index (χ2n) is 7.12. The first-order valence-electron chi connectivity index (χ1n) is 9.05. The number of carbonyl (C=O) groups excluding carboxylic acids is 1. The van der Waals surface area contributed by atoms with Crippen molar-refractivity contribution in [1.82, 2.24) is 9.80 Å². The van der Waals surface area contributed by atoms with E-state index in [-0.39, 0.29) is 40.4 Å². The van der Waals surface area contributed by atoms with Crippen LogP contribution < -0.4 is 0 Å². The van der Waals surface area contributed by atoms with Gasteiger partial charge in [0.15, 0.2) is 0 Å². The van der Waals surface area contributed by atoms with E-state index in [0.717, 1.165) is 32.0 Å². The van der Waals surface area contributed by atoms with Gasteiger partial charge in [-0.05, 0) is 56.9 Å². The molecule has 0 N–H and O–H groups in total. The lowest BCUT2D eigenvalue weighted by molar-refractivity contribution is -0.189. The average Bonchev–Trinajstić information content (AvgIpc) is 2.60. The number of benzene rings is 1. The van der Waals surface area contributed by atoms with Crippen LogP contribution in [0, 0.1) is 11.6 Å². The highest BCUT2D eigenvalue weighted by molar-refractivity contribution is 8.93. The molecule has 2 aliphatic heterocycles. The van der Waals surface area contributed by atoms with Gasteiger partial charge in [-0.1, -0.05) is 0 Å². The molecule has 146 valence electrons. The first-order chi connectivity index (χ1) is 11.9. The molecule has 1 spiro atoms. The molecule has 1 aromatic carbocycles. The van der Waals surface area contributed by atoms with Crippen molar-refractivity contribution < 1.29 is 18.3 Å². The van der Waals surface area contributed by atoms with Crippen molar-refractivity contribution in [3.8, 4) is 0 Å². The highest BCUT2D eigenvalue weighted by Crippen LogP contribution is 2.32. The van der Waals surface area contributed by atoms with E-state index in [9.17, 15) is 13.6 Å². The highest BCUT2D eigenvalue weighted by Gasteiger charge is 2.44. The number of morpholine rings is 1. The fourth-order valence-corrected chi connectivity index (χ4v) is 3.89. The summed E-state index contributed by atoms with van der Waals surface area (Å²) in [5.41, 5.74) is 0.162. The topological polar surface area (TPSA) is 32.8 Å². The summed E-state index contributed by atoms with van der Waals surface area (Å²) in [6.07, 6.45) is 1.81. The Morgan fingerprint density at radius 3 is 2.62 bits per heavy atom. The van der Waals surface area contributed by atoms with Crippen molar-refractivity contribution in [3.05, 3.63) is 35.4 Å². The molecule has 0 aromatic heterocycles. The number of nitrogens with zero attached hydrogens (tertiary/aromatic N) is 2. The third-order valence-electron chi connectivity index (χ3n) is 5.42. The second-order valence-corrected chi connectivity index (χ2v) is 7.12. The number of carbonyl (C=O) groups is 1. The van der Waals surface area contributed by atoms with Gasteiger partial charge in [0.2, 0.25) is 0 Å². The number of hydrogen-bond donors (Lipinski definition) is 0. The lowest BCUT2D eigenvalue weighted by atomic mass is 9.88. The van der Waals surface area contributed by atoms with Crippen LogP contribution in [-0.2, 0) is 16.0 Å². The zero-order valence-corrected chi connectivity index (χ0v) is 17.1. The predicted molar refractivity (Wildman–Crippen MR) is 102 cm³/mol. The number of halogens is 3. The van der Waals surface area contributed by atoms with Crippen LogP contribution in [0.3, 0.4) is 0 Å². The summed E-state index contributed by atoms with van der Waals surface area (Å²) in [6, 6.07) is 3.60. The van der Waals surface area contributed by atoms with Crippen molar-refractivity contribution in [2.75, 3.05) is 32.7 Å². The molecule has 0 bridgehead atoms. The summed E-state index contributed by atoms with van der Waals surface area (Å²) >= 11 is 0. The van der Waals surface area contributed by atoms with E-state index in [1.54, 1.807) is 0 Å². The summed E-state index contributed by atoms with van der Waals surface area (Å²) in [5, 5.41) is 0. The summed E-state index contributed by atoms with van der Waals surface area (Å²) < 4.78 is 33.1. The summed E-state index contributed by atoms with van der Waals surface area (Å²) in [4.78, 5) is 16.2. The molecule has 2 aliphatic rings. The van der Waals surface area contributed by atoms with E-state index < -0.39 is 5.82 Å².